The van der Waals surface area contributed by atoms with Crippen molar-refractivity contribution in [2.45, 2.75) is 59.0 Å². The maximum atomic E-state index is 6.04. The van der Waals surface area contributed by atoms with Gasteiger partial charge in [-0.3, -0.25) is 4.98 Å². The second-order valence-electron chi connectivity index (χ2n) is 8.22. The Hall–Kier alpha value is -0.945. The summed E-state index contributed by atoms with van der Waals surface area (Å²) >= 11 is 0. The van der Waals surface area contributed by atoms with Gasteiger partial charge in [0.05, 0.1) is 30.1 Å². The summed E-state index contributed by atoms with van der Waals surface area (Å²) in [6.45, 7) is 13.7. The van der Waals surface area contributed by atoms with E-state index in [4.69, 9.17) is 18.8 Å². The van der Waals surface area contributed by atoms with Crippen LogP contribution in [0, 0.1) is 5.41 Å². The van der Waals surface area contributed by atoms with Gasteiger partial charge in [-0.15, -0.1) is 0 Å². The van der Waals surface area contributed by atoms with Crippen LogP contribution in [0.15, 0.2) is 18.3 Å². The van der Waals surface area contributed by atoms with Crippen molar-refractivity contribution in [3.8, 4) is 0 Å². The van der Waals surface area contributed by atoms with Crippen molar-refractivity contribution in [1.82, 2.24) is 4.98 Å². The van der Waals surface area contributed by atoms with Crippen LogP contribution in [0.4, 0.5) is 0 Å². The normalized spacial score (nSPS) is 26.4. The second-order valence-corrected chi connectivity index (χ2v) is 8.22. The highest BCUT2D eigenvalue weighted by Crippen LogP contribution is 2.36. The van der Waals surface area contributed by atoms with E-state index in [0.717, 1.165) is 11.2 Å². The highest BCUT2D eigenvalue weighted by molar-refractivity contribution is 6.62. The quantitative estimate of drug-likeness (QED) is 0.784. The Morgan fingerprint density at radius 1 is 0.957 bits per heavy atom. The summed E-state index contributed by atoms with van der Waals surface area (Å²) < 4.78 is 23.6. The Morgan fingerprint density at radius 3 is 2.00 bits per heavy atom. The molecule has 1 aromatic heterocycles. The van der Waals surface area contributed by atoms with E-state index in [1.165, 1.54) is 0 Å². The molecule has 0 spiro atoms. The second kappa shape index (κ2) is 5.55. The highest BCUT2D eigenvalue weighted by atomic mass is 16.7. The van der Waals surface area contributed by atoms with Crippen LogP contribution in [-0.4, -0.2) is 36.5 Å². The van der Waals surface area contributed by atoms with Gasteiger partial charge in [0.1, 0.15) is 0 Å². The zero-order valence-corrected chi connectivity index (χ0v) is 14.9. The smallest absolute Gasteiger partial charge is 0.399 e. The summed E-state index contributed by atoms with van der Waals surface area (Å²) in [6.07, 6.45) is 1.39. The Labute approximate surface area is 138 Å². The fraction of sp³-hybridized carbons (Fsp3) is 0.706. The molecule has 0 amide bonds. The van der Waals surface area contributed by atoms with E-state index in [9.17, 15) is 0 Å². The topological polar surface area (TPSA) is 49.8 Å². The van der Waals surface area contributed by atoms with E-state index >= 15 is 0 Å². The molecule has 0 radical (unpaired) electrons. The molecular formula is C17H26BNO4. The van der Waals surface area contributed by atoms with Crippen molar-refractivity contribution in [3.05, 3.63) is 24.0 Å². The number of nitrogens with zero attached hydrogens (tertiary/aromatic N) is 1. The first-order chi connectivity index (χ1) is 10.6. The summed E-state index contributed by atoms with van der Waals surface area (Å²) in [5.41, 5.74) is 1.04. The average Bonchev–Trinajstić information content (AvgIpc) is 2.68. The number of pyridine rings is 1. The third-order valence-electron chi connectivity index (χ3n) is 4.83. The van der Waals surface area contributed by atoms with Crippen LogP contribution >= 0.6 is 0 Å². The number of rotatable bonds is 2. The molecule has 0 aliphatic carbocycles. The first kappa shape index (κ1) is 16.9. The lowest BCUT2D eigenvalue weighted by Gasteiger charge is -2.34. The maximum Gasteiger partial charge on any atom is 0.496 e. The lowest BCUT2D eigenvalue weighted by Crippen LogP contribution is -2.41. The molecule has 5 nitrogen and oxygen atoms in total. The molecule has 2 aliphatic heterocycles. The van der Waals surface area contributed by atoms with E-state index in [1.54, 1.807) is 6.20 Å². The lowest BCUT2D eigenvalue weighted by molar-refractivity contribution is -0.227. The van der Waals surface area contributed by atoms with Crippen LogP contribution in [-0.2, 0) is 18.8 Å². The minimum absolute atomic E-state index is 0.0547. The Balaban J connectivity index is 1.69. The summed E-state index contributed by atoms with van der Waals surface area (Å²) in [4.78, 5) is 4.48. The highest BCUT2D eigenvalue weighted by Gasteiger charge is 2.51. The summed E-state index contributed by atoms with van der Waals surface area (Å²) in [5, 5.41) is 0. The molecule has 2 aliphatic rings. The molecule has 3 rings (SSSR count). The summed E-state index contributed by atoms with van der Waals surface area (Å²) in [6, 6.07) is 3.89. The SMILES string of the molecule is CC1(C)COC(c2ccc(B3OC(C)(C)C(C)(C)O3)cn2)OC1. The van der Waals surface area contributed by atoms with Gasteiger partial charge in [0.25, 0.3) is 0 Å². The van der Waals surface area contributed by atoms with Gasteiger partial charge in [0.15, 0.2) is 0 Å². The molecule has 0 atom stereocenters. The Kier molecular flexibility index (Phi) is 4.08. The van der Waals surface area contributed by atoms with Gasteiger partial charge in [0.2, 0.25) is 6.29 Å². The van der Waals surface area contributed by atoms with Crippen molar-refractivity contribution in [3.63, 3.8) is 0 Å². The van der Waals surface area contributed by atoms with Gasteiger partial charge in [-0.1, -0.05) is 19.9 Å². The Morgan fingerprint density at radius 2 is 1.52 bits per heavy atom. The van der Waals surface area contributed by atoms with Gasteiger partial charge in [0, 0.05) is 17.1 Å². The van der Waals surface area contributed by atoms with Gasteiger partial charge >= 0.3 is 7.12 Å². The predicted molar refractivity (Wildman–Crippen MR) is 88.4 cm³/mol. The van der Waals surface area contributed by atoms with Crippen LogP contribution in [0.25, 0.3) is 0 Å². The zero-order chi connectivity index (χ0) is 16.9. The fourth-order valence-electron chi connectivity index (χ4n) is 2.54. The molecule has 6 heteroatoms. The largest absolute Gasteiger partial charge is 0.496 e. The molecule has 0 saturated carbocycles. The number of hydrogen-bond acceptors (Lipinski definition) is 5. The molecule has 0 aromatic carbocycles. The summed E-state index contributed by atoms with van der Waals surface area (Å²) in [5.74, 6) is 0. The Bertz CT molecular complexity index is 544. The van der Waals surface area contributed by atoms with Gasteiger partial charge < -0.3 is 18.8 Å². The third kappa shape index (κ3) is 3.31. The van der Waals surface area contributed by atoms with Crippen molar-refractivity contribution < 1.29 is 18.8 Å². The maximum absolute atomic E-state index is 6.04. The van der Waals surface area contributed by atoms with Crippen molar-refractivity contribution >= 4 is 12.6 Å². The van der Waals surface area contributed by atoms with E-state index in [1.807, 2.05) is 39.8 Å². The minimum Gasteiger partial charge on any atom is -0.399 e. The van der Waals surface area contributed by atoms with Crippen molar-refractivity contribution in [1.29, 1.82) is 0 Å². The summed E-state index contributed by atoms with van der Waals surface area (Å²) in [7, 11) is -0.395. The predicted octanol–water partition coefficient (Wildman–Crippen LogP) is 2.45. The van der Waals surface area contributed by atoms with Gasteiger partial charge in [-0.05, 0) is 33.8 Å². The van der Waals surface area contributed by atoms with Crippen LogP contribution in [0.2, 0.25) is 0 Å². The molecule has 3 heterocycles. The fourth-order valence-corrected chi connectivity index (χ4v) is 2.54. The minimum atomic E-state index is -0.395. The number of ether oxygens (including phenoxy) is 2. The van der Waals surface area contributed by atoms with E-state index in [-0.39, 0.29) is 16.6 Å². The average molecular weight is 319 g/mol. The molecule has 2 saturated heterocycles. The van der Waals surface area contributed by atoms with E-state index in [0.29, 0.717) is 13.2 Å². The monoisotopic (exact) mass is 319 g/mol. The van der Waals surface area contributed by atoms with E-state index < -0.39 is 13.4 Å². The van der Waals surface area contributed by atoms with E-state index in [2.05, 4.69) is 18.8 Å². The van der Waals surface area contributed by atoms with Crippen molar-refractivity contribution in [2.24, 2.45) is 5.41 Å². The van der Waals surface area contributed by atoms with Crippen LogP contribution in [0.5, 0.6) is 0 Å². The van der Waals surface area contributed by atoms with Gasteiger partial charge in [-0.2, -0.15) is 0 Å². The first-order valence-corrected chi connectivity index (χ1v) is 8.14. The molecular weight excluding hydrogens is 293 g/mol. The number of aromatic nitrogens is 1. The van der Waals surface area contributed by atoms with Gasteiger partial charge in [-0.25, -0.2) is 0 Å². The molecule has 2 fully saturated rings. The third-order valence-corrected chi connectivity index (χ3v) is 4.83. The van der Waals surface area contributed by atoms with Crippen molar-refractivity contribution in [2.75, 3.05) is 13.2 Å². The van der Waals surface area contributed by atoms with Crippen LogP contribution < -0.4 is 5.46 Å². The molecule has 0 bridgehead atoms. The molecule has 1 aromatic rings. The number of hydrogen-bond donors (Lipinski definition) is 0. The zero-order valence-electron chi connectivity index (χ0n) is 14.9. The first-order valence-electron chi connectivity index (χ1n) is 8.14. The molecule has 0 N–H and O–H groups in total. The molecule has 126 valence electrons. The van der Waals surface area contributed by atoms with Crippen LogP contribution in [0.1, 0.15) is 53.5 Å². The lowest BCUT2D eigenvalue weighted by atomic mass is 9.80. The van der Waals surface area contributed by atoms with Crippen LogP contribution in [0.3, 0.4) is 0 Å². The molecule has 23 heavy (non-hydrogen) atoms. The standard InChI is InChI=1S/C17H26BNO4/c1-15(2)10-20-14(21-11-15)13-8-7-12(9-19-13)18-22-16(3,4)17(5,6)23-18/h7-9,14H,10-11H2,1-6H3. The molecule has 0 unspecified atom stereocenters.